The predicted octanol–water partition coefficient (Wildman–Crippen LogP) is 4.45. The van der Waals surface area contributed by atoms with E-state index in [9.17, 15) is 4.79 Å². The minimum Gasteiger partial charge on any atom is -0.497 e. The number of amides is 1. The number of piperidine rings is 1. The minimum atomic E-state index is -0.175. The van der Waals surface area contributed by atoms with Crippen molar-refractivity contribution in [3.8, 4) is 11.5 Å². The highest BCUT2D eigenvalue weighted by Crippen LogP contribution is 2.30. The zero-order valence-electron chi connectivity index (χ0n) is 17.3. The van der Waals surface area contributed by atoms with Gasteiger partial charge < -0.3 is 14.8 Å². The highest BCUT2D eigenvalue weighted by Gasteiger charge is 2.27. The largest absolute Gasteiger partial charge is 0.497 e. The molecule has 2 atom stereocenters. The Kier molecular flexibility index (Phi) is 7.40. The van der Waals surface area contributed by atoms with Crippen molar-refractivity contribution in [2.45, 2.75) is 32.4 Å². The molecular formula is C23H29ClN2O3. The number of hydrogen-bond donors (Lipinski definition) is 1. The molecule has 0 aromatic heterocycles. The lowest BCUT2D eigenvalue weighted by Gasteiger charge is -2.33. The zero-order chi connectivity index (χ0) is 20.8. The van der Waals surface area contributed by atoms with E-state index >= 15 is 0 Å². The lowest BCUT2D eigenvalue weighted by molar-refractivity contribution is -0.127. The van der Waals surface area contributed by atoms with Crippen LogP contribution in [0.25, 0.3) is 0 Å². The predicted molar refractivity (Wildman–Crippen MR) is 116 cm³/mol. The highest BCUT2D eigenvalue weighted by atomic mass is 35.5. The monoisotopic (exact) mass is 416 g/mol. The molecule has 1 N–H and O–H groups in total. The first-order valence-electron chi connectivity index (χ1n) is 10.00. The first kappa shape index (κ1) is 21.5. The maximum absolute atomic E-state index is 13.0. The quantitative estimate of drug-likeness (QED) is 0.724. The Balaban J connectivity index is 1.63. The molecule has 156 valence electrons. The maximum Gasteiger partial charge on any atom is 0.224 e. The summed E-state index contributed by atoms with van der Waals surface area (Å²) in [5.74, 6) is 1.52. The van der Waals surface area contributed by atoms with Crippen LogP contribution < -0.4 is 14.8 Å². The zero-order valence-corrected chi connectivity index (χ0v) is 18.0. The summed E-state index contributed by atoms with van der Waals surface area (Å²) in [4.78, 5) is 15.3. The minimum absolute atomic E-state index is 0.0368. The average molecular weight is 417 g/mol. The van der Waals surface area contributed by atoms with Crippen molar-refractivity contribution in [2.24, 2.45) is 5.92 Å². The van der Waals surface area contributed by atoms with Crippen LogP contribution in [-0.4, -0.2) is 38.1 Å². The molecule has 1 heterocycles. The molecule has 5 nitrogen and oxygen atoms in total. The highest BCUT2D eigenvalue weighted by molar-refractivity contribution is 6.31. The van der Waals surface area contributed by atoms with Gasteiger partial charge in [-0.15, -0.1) is 0 Å². The Labute approximate surface area is 177 Å². The number of carbonyl (C=O) groups excluding carboxylic acids is 1. The van der Waals surface area contributed by atoms with E-state index in [-0.39, 0.29) is 17.9 Å². The first-order chi connectivity index (χ1) is 14.0. The second-order valence-electron chi connectivity index (χ2n) is 7.50. The number of methoxy groups -OCH3 is 2. The van der Waals surface area contributed by atoms with Gasteiger partial charge in [0.25, 0.3) is 0 Å². The van der Waals surface area contributed by atoms with E-state index in [1.54, 1.807) is 14.2 Å². The van der Waals surface area contributed by atoms with Crippen molar-refractivity contribution in [3.05, 3.63) is 58.6 Å². The molecule has 1 saturated heterocycles. The van der Waals surface area contributed by atoms with Crippen LogP contribution in [0.3, 0.4) is 0 Å². The molecule has 0 bridgehead atoms. The summed E-state index contributed by atoms with van der Waals surface area (Å²) in [5.41, 5.74) is 2.01. The van der Waals surface area contributed by atoms with E-state index in [0.29, 0.717) is 0 Å². The fraction of sp³-hybridized carbons (Fsp3) is 0.435. The number of carbonyl (C=O) groups is 1. The van der Waals surface area contributed by atoms with Crippen molar-refractivity contribution in [3.63, 3.8) is 0 Å². The van der Waals surface area contributed by atoms with Crippen LogP contribution in [-0.2, 0) is 11.3 Å². The smallest absolute Gasteiger partial charge is 0.224 e. The van der Waals surface area contributed by atoms with Gasteiger partial charge in [0, 0.05) is 23.7 Å². The Morgan fingerprint density at radius 2 is 2.03 bits per heavy atom. The number of hydrogen-bond acceptors (Lipinski definition) is 4. The van der Waals surface area contributed by atoms with Gasteiger partial charge in [-0.05, 0) is 56.1 Å². The molecule has 0 saturated carbocycles. The summed E-state index contributed by atoms with van der Waals surface area (Å²) in [6, 6.07) is 13.3. The normalized spacial score (nSPS) is 18.1. The second-order valence-corrected chi connectivity index (χ2v) is 7.91. The van der Waals surface area contributed by atoms with Gasteiger partial charge >= 0.3 is 0 Å². The number of nitrogens with one attached hydrogen (secondary N) is 1. The Morgan fingerprint density at radius 3 is 2.76 bits per heavy atom. The maximum atomic E-state index is 13.0. The van der Waals surface area contributed by atoms with Crippen LogP contribution in [0.4, 0.5) is 0 Å². The summed E-state index contributed by atoms with van der Waals surface area (Å²) in [5, 5.41) is 3.94. The van der Waals surface area contributed by atoms with Crippen molar-refractivity contribution < 1.29 is 14.3 Å². The van der Waals surface area contributed by atoms with Crippen molar-refractivity contribution in [1.29, 1.82) is 0 Å². The molecule has 1 aliphatic rings. The van der Waals surface area contributed by atoms with E-state index in [2.05, 4.69) is 10.2 Å². The lowest BCUT2D eigenvalue weighted by Crippen LogP contribution is -2.43. The molecular weight excluding hydrogens is 388 g/mol. The number of benzene rings is 2. The lowest BCUT2D eigenvalue weighted by atomic mass is 9.95. The topological polar surface area (TPSA) is 50.8 Å². The molecule has 0 spiro atoms. The molecule has 2 aromatic rings. The summed E-state index contributed by atoms with van der Waals surface area (Å²) < 4.78 is 10.8. The number of nitrogens with zero attached hydrogens (tertiary/aromatic N) is 1. The third-order valence-electron chi connectivity index (χ3n) is 5.49. The van der Waals surface area contributed by atoms with Gasteiger partial charge in [0.2, 0.25) is 5.91 Å². The van der Waals surface area contributed by atoms with Gasteiger partial charge in [0.15, 0.2) is 0 Å². The van der Waals surface area contributed by atoms with Gasteiger partial charge in [-0.3, -0.25) is 9.69 Å². The van der Waals surface area contributed by atoms with Gasteiger partial charge in [0.05, 0.1) is 26.2 Å². The van der Waals surface area contributed by atoms with E-state index < -0.39 is 0 Å². The van der Waals surface area contributed by atoms with Crippen LogP contribution >= 0.6 is 11.6 Å². The molecule has 1 aliphatic heterocycles. The van der Waals surface area contributed by atoms with Crippen LogP contribution in [0.1, 0.15) is 36.9 Å². The van der Waals surface area contributed by atoms with Crippen LogP contribution in [0.5, 0.6) is 11.5 Å². The Hall–Kier alpha value is -2.24. The van der Waals surface area contributed by atoms with E-state index in [4.69, 9.17) is 21.1 Å². The number of ether oxygens (including phenoxy) is 2. The van der Waals surface area contributed by atoms with Crippen molar-refractivity contribution in [2.75, 3.05) is 27.3 Å². The molecule has 1 fully saturated rings. The van der Waals surface area contributed by atoms with E-state index in [1.807, 2.05) is 49.4 Å². The Bertz CT molecular complexity index is 843. The number of likely N-dealkylation sites (tertiary alicyclic amines) is 1. The Morgan fingerprint density at radius 1 is 1.24 bits per heavy atom. The molecule has 1 amide bonds. The molecule has 2 aromatic carbocycles. The average Bonchev–Trinajstić information content (AvgIpc) is 2.75. The molecule has 0 radical (unpaired) electrons. The third-order valence-corrected chi connectivity index (χ3v) is 5.86. The van der Waals surface area contributed by atoms with Gasteiger partial charge in [0.1, 0.15) is 11.5 Å². The van der Waals surface area contributed by atoms with Gasteiger partial charge in [-0.2, -0.15) is 0 Å². The number of halogens is 1. The first-order valence-corrected chi connectivity index (χ1v) is 10.4. The standard InChI is InChI=1S/C23H29ClN2O3/c1-16(20-13-19(28-2)10-11-22(20)29-3)25-23(27)18-8-6-12-26(15-18)14-17-7-4-5-9-21(17)24/h4-5,7,9-11,13,16,18H,6,8,12,14-15H2,1-3H3,(H,25,27)/t16-,18-/m0/s1. The fourth-order valence-corrected chi connectivity index (χ4v) is 4.06. The summed E-state index contributed by atoms with van der Waals surface area (Å²) in [7, 11) is 3.26. The van der Waals surface area contributed by atoms with E-state index in [1.165, 1.54) is 0 Å². The summed E-state index contributed by atoms with van der Waals surface area (Å²) in [6.45, 7) is 4.45. The van der Waals surface area contributed by atoms with Gasteiger partial charge in [-0.1, -0.05) is 29.8 Å². The van der Waals surface area contributed by atoms with Crippen molar-refractivity contribution >= 4 is 17.5 Å². The number of rotatable bonds is 7. The van der Waals surface area contributed by atoms with Crippen LogP contribution in [0.15, 0.2) is 42.5 Å². The summed E-state index contributed by atoms with van der Waals surface area (Å²) in [6.07, 6.45) is 1.90. The van der Waals surface area contributed by atoms with Gasteiger partial charge in [-0.25, -0.2) is 0 Å². The molecule has 0 unspecified atom stereocenters. The van der Waals surface area contributed by atoms with Crippen LogP contribution in [0.2, 0.25) is 5.02 Å². The van der Waals surface area contributed by atoms with E-state index in [0.717, 1.165) is 60.1 Å². The molecule has 6 heteroatoms. The molecule has 3 rings (SSSR count). The second kappa shape index (κ2) is 9.99. The molecule has 0 aliphatic carbocycles. The summed E-state index contributed by atoms with van der Waals surface area (Å²) >= 11 is 6.30. The SMILES string of the molecule is COc1ccc(OC)c([C@H](C)NC(=O)[C@H]2CCCN(Cc3ccccc3Cl)C2)c1. The third kappa shape index (κ3) is 5.43. The molecule has 29 heavy (non-hydrogen) atoms. The fourth-order valence-electron chi connectivity index (χ4n) is 3.87. The van der Waals surface area contributed by atoms with Crippen LogP contribution in [0, 0.1) is 5.92 Å². The van der Waals surface area contributed by atoms with Crippen molar-refractivity contribution in [1.82, 2.24) is 10.2 Å².